The average Bonchev–Trinajstić information content (AvgIpc) is 3.03. The Hall–Kier alpha value is -1.98. The normalized spacial score (nSPS) is 27.2. The number of piperidine rings is 1. The molecule has 6 heteroatoms. The highest BCUT2D eigenvalue weighted by Gasteiger charge is 2.29. The van der Waals surface area contributed by atoms with Crippen LogP contribution < -0.4 is 14.2 Å². The Morgan fingerprint density at radius 1 is 1.27 bits per heavy atom. The van der Waals surface area contributed by atoms with Gasteiger partial charge in [0, 0.05) is 18.5 Å². The molecule has 0 bridgehead atoms. The van der Waals surface area contributed by atoms with Crippen molar-refractivity contribution in [1.29, 1.82) is 0 Å². The lowest BCUT2D eigenvalue weighted by atomic mass is 9.81. The number of hydrogen-bond acceptors (Lipinski definition) is 4. The number of ether oxygens (including phenoxy) is 3. The van der Waals surface area contributed by atoms with Crippen molar-refractivity contribution in [1.82, 2.24) is 4.90 Å². The molecule has 0 spiro atoms. The molecule has 0 radical (unpaired) electrons. The third-order valence-electron chi connectivity index (χ3n) is 4.60. The van der Waals surface area contributed by atoms with Gasteiger partial charge in [-0.25, -0.2) is 4.39 Å². The first-order valence-electron chi connectivity index (χ1n) is 11.2. The third kappa shape index (κ3) is 4.05. The smallest absolute Gasteiger partial charge is 0.231 e. The van der Waals surface area contributed by atoms with Gasteiger partial charge in [0.05, 0.1) is 12.1 Å². The molecule has 0 aromatic heterocycles. The van der Waals surface area contributed by atoms with Crippen LogP contribution >= 0.6 is 12.4 Å². The van der Waals surface area contributed by atoms with Gasteiger partial charge in [0.1, 0.15) is 14.3 Å². The van der Waals surface area contributed by atoms with Gasteiger partial charge in [0.15, 0.2) is 11.5 Å². The second-order valence-electron chi connectivity index (χ2n) is 6.35. The predicted molar refractivity (Wildman–Crippen MR) is 100 cm³/mol. The summed E-state index contributed by atoms with van der Waals surface area (Å²) in [6, 6.07) is 2.74. The van der Waals surface area contributed by atoms with Gasteiger partial charge in [-0.3, -0.25) is 0 Å². The summed E-state index contributed by atoms with van der Waals surface area (Å²) in [4.78, 5) is 2.10. The largest absolute Gasteiger partial charge is 0.493 e. The van der Waals surface area contributed by atoms with Crippen LogP contribution in [0.3, 0.4) is 0 Å². The van der Waals surface area contributed by atoms with Crippen LogP contribution in [0.15, 0.2) is 42.4 Å². The molecular formula is C20H23ClFNO3. The second kappa shape index (κ2) is 8.14. The highest BCUT2D eigenvalue weighted by molar-refractivity contribution is 5.85. The van der Waals surface area contributed by atoms with E-state index in [4.69, 9.17) is 22.4 Å². The van der Waals surface area contributed by atoms with Crippen LogP contribution in [0.4, 0.5) is 4.39 Å². The Bertz CT molecular complexity index is 998. The third-order valence-corrected chi connectivity index (χ3v) is 4.60. The van der Waals surface area contributed by atoms with Gasteiger partial charge in [-0.2, -0.15) is 0 Å². The molecule has 1 fully saturated rings. The Balaban J connectivity index is 0.00000289. The van der Waals surface area contributed by atoms with E-state index in [1.165, 1.54) is 6.07 Å². The molecule has 140 valence electrons. The Morgan fingerprint density at radius 3 is 2.85 bits per heavy atom. The van der Waals surface area contributed by atoms with Crippen molar-refractivity contribution in [3.05, 3.63) is 53.7 Å². The van der Waals surface area contributed by atoms with E-state index in [0.29, 0.717) is 25.3 Å². The molecule has 0 unspecified atom stereocenters. The number of nitrogens with zero attached hydrogens (tertiary/aromatic N) is 1. The molecule has 26 heavy (non-hydrogen) atoms. The number of rotatable bonds is 4. The number of benzene rings is 2. The summed E-state index contributed by atoms with van der Waals surface area (Å²) in [5, 5.41) is 0. The summed E-state index contributed by atoms with van der Waals surface area (Å²) in [5.74, 6) is -0.660. The quantitative estimate of drug-likeness (QED) is 0.793. The van der Waals surface area contributed by atoms with Crippen molar-refractivity contribution in [2.24, 2.45) is 5.92 Å². The average molecular weight is 386 g/mol. The summed E-state index contributed by atoms with van der Waals surface area (Å²) in [6.07, 6.45) is 0.591. The Kier molecular flexibility index (Phi) is 3.89. The van der Waals surface area contributed by atoms with Crippen LogP contribution in [-0.2, 0) is 0 Å². The zero-order chi connectivity index (χ0) is 22.5. The lowest BCUT2D eigenvalue weighted by molar-refractivity contribution is 0.129. The molecule has 2 heterocycles. The molecule has 0 aliphatic carbocycles. The van der Waals surface area contributed by atoms with E-state index >= 15 is 0 Å². The zero-order valence-electron chi connectivity index (χ0n) is 20.2. The lowest BCUT2D eigenvalue weighted by Crippen LogP contribution is -2.39. The number of fused-ring (bicyclic) bond motifs is 1. The molecule has 4 nitrogen and oxygen atoms in total. The molecule has 2 atom stereocenters. The molecule has 2 aliphatic rings. The van der Waals surface area contributed by atoms with Gasteiger partial charge in [-0.05, 0) is 55.7 Å². The summed E-state index contributed by atoms with van der Waals surface area (Å²) >= 11 is 0. The van der Waals surface area contributed by atoms with Gasteiger partial charge in [0.25, 0.3) is 0 Å². The van der Waals surface area contributed by atoms with E-state index in [1.54, 1.807) is 12.1 Å². The SMILES string of the molecule is Cl.[2H]c1c([2H])c([C@@H]2CCN(C)C[C@H]2COc2ccc3c(c2)OC([2H])([2H])O3)c([2H])c([2H])c1F. The fourth-order valence-corrected chi connectivity index (χ4v) is 3.31. The highest BCUT2D eigenvalue weighted by Crippen LogP contribution is 2.37. The van der Waals surface area contributed by atoms with Crippen molar-refractivity contribution in [3.63, 3.8) is 0 Å². The topological polar surface area (TPSA) is 30.9 Å². The van der Waals surface area contributed by atoms with Gasteiger partial charge < -0.3 is 19.1 Å². The van der Waals surface area contributed by atoms with Crippen LogP contribution in [-0.4, -0.2) is 38.4 Å². The van der Waals surface area contributed by atoms with Crippen LogP contribution in [0.1, 0.15) is 26.1 Å². The van der Waals surface area contributed by atoms with Gasteiger partial charge in [-0.15, -0.1) is 12.4 Å². The van der Waals surface area contributed by atoms with Crippen LogP contribution in [0.2, 0.25) is 0 Å². The molecule has 2 aromatic carbocycles. The van der Waals surface area contributed by atoms with E-state index in [2.05, 4.69) is 4.90 Å². The summed E-state index contributed by atoms with van der Waals surface area (Å²) in [6.45, 7) is -0.692. The maximum atomic E-state index is 14.0. The van der Waals surface area contributed by atoms with Crippen molar-refractivity contribution >= 4 is 12.4 Å². The van der Waals surface area contributed by atoms with Crippen molar-refractivity contribution < 1.29 is 26.8 Å². The minimum atomic E-state index is -2.22. The number of halogens is 2. The first-order valence-corrected chi connectivity index (χ1v) is 8.16. The predicted octanol–water partition coefficient (Wildman–Crippen LogP) is 4.09. The maximum absolute atomic E-state index is 14.0. The van der Waals surface area contributed by atoms with E-state index in [1.807, 2.05) is 7.05 Å². The molecule has 0 saturated carbocycles. The monoisotopic (exact) mass is 385 g/mol. The molecule has 4 rings (SSSR count). The van der Waals surface area contributed by atoms with E-state index < -0.39 is 24.6 Å². The Labute approximate surface area is 167 Å². The number of hydrogen-bond donors (Lipinski definition) is 0. The molecule has 2 aliphatic heterocycles. The summed E-state index contributed by atoms with van der Waals surface area (Å²) in [7, 11) is 1.95. The minimum absolute atomic E-state index is 0. The summed E-state index contributed by atoms with van der Waals surface area (Å²) in [5.41, 5.74) is 0.219. The van der Waals surface area contributed by atoms with Gasteiger partial charge in [-0.1, -0.05) is 12.1 Å². The lowest BCUT2D eigenvalue weighted by Gasteiger charge is -2.37. The summed E-state index contributed by atoms with van der Waals surface area (Å²) < 4.78 is 77.2. The molecular weight excluding hydrogens is 357 g/mol. The molecule has 0 amide bonds. The van der Waals surface area contributed by atoms with E-state index in [9.17, 15) is 4.39 Å². The highest BCUT2D eigenvalue weighted by atomic mass is 35.5. The van der Waals surface area contributed by atoms with Crippen molar-refractivity contribution in [2.45, 2.75) is 12.3 Å². The first-order chi connectivity index (χ1) is 14.6. The number of likely N-dealkylation sites (tertiary alicyclic amines) is 1. The van der Waals surface area contributed by atoms with Crippen LogP contribution in [0.25, 0.3) is 0 Å². The van der Waals surface area contributed by atoms with Crippen molar-refractivity contribution in [2.75, 3.05) is 33.5 Å². The molecule has 1 saturated heterocycles. The standard InChI is InChI=1S/C20H22FNO3.ClH/c1-22-9-8-18(14-2-4-16(21)5-3-14)15(11-22)12-23-17-6-7-19-20(10-17)25-13-24-19;/h2-7,10,15,18H,8-9,11-13H2,1H3;1H/t15-,18-;/m0./s1/i2D,3D,4D,5D,13D2;. The fourth-order valence-electron chi connectivity index (χ4n) is 3.31. The second-order valence-corrected chi connectivity index (χ2v) is 6.35. The van der Waals surface area contributed by atoms with Crippen LogP contribution in [0, 0.1) is 11.7 Å². The van der Waals surface area contributed by atoms with Gasteiger partial charge >= 0.3 is 0 Å². The van der Waals surface area contributed by atoms with Gasteiger partial charge in [0.2, 0.25) is 6.75 Å². The van der Waals surface area contributed by atoms with E-state index in [0.717, 1.165) is 0 Å². The molecule has 2 aromatic rings. The van der Waals surface area contributed by atoms with Crippen LogP contribution in [0.5, 0.6) is 17.2 Å². The van der Waals surface area contributed by atoms with E-state index in [-0.39, 0.29) is 60.0 Å². The minimum Gasteiger partial charge on any atom is -0.493 e. The Morgan fingerprint density at radius 2 is 2.04 bits per heavy atom. The fraction of sp³-hybridized carbons (Fsp3) is 0.400. The zero-order valence-corrected chi connectivity index (χ0v) is 15.0. The van der Waals surface area contributed by atoms with Crippen molar-refractivity contribution in [3.8, 4) is 17.2 Å². The first kappa shape index (κ1) is 12.4. The molecule has 0 N–H and O–H groups in total. The maximum Gasteiger partial charge on any atom is 0.231 e.